The molecule has 5 aliphatic heterocycles. The summed E-state index contributed by atoms with van der Waals surface area (Å²) in [6.45, 7) is 12.2. The minimum atomic E-state index is -2.79. The van der Waals surface area contributed by atoms with E-state index in [2.05, 4.69) is 80.6 Å². The van der Waals surface area contributed by atoms with Crippen molar-refractivity contribution in [1.29, 1.82) is 0 Å². The number of benzene rings is 3. The molecular formula is C49H56BrN12O6P. The van der Waals surface area contributed by atoms with E-state index in [4.69, 9.17) is 9.72 Å². The van der Waals surface area contributed by atoms with Gasteiger partial charge in [0.05, 0.1) is 39.7 Å². The standard InChI is InChI=1S/C49H56BrN12O6P/c1-5-29-23-38(55-49-53-25-35(50)45(57-49)54-37-9-8-36-43(52-15-14-51-36)44(37)69(3,4)67)41(68-2)24-40(29)59-16-12-32(13-17-59)58-18-20-60(21-19-58)47(65)31-26-61(27-31)33-6-7-34-30(22-33)28-62(48(34)66)39-10-11-42(63)56-46(39)64/h6-9,14-15,22-25,31-32,39H,5,10-13,16-21,26-28H2,1-4H3,(H,56,63,64)(H2,53,54,55,57). The normalized spacial score (nSPS) is 19.4. The summed E-state index contributed by atoms with van der Waals surface area (Å²) >= 11 is 3.59. The highest BCUT2D eigenvalue weighted by Crippen LogP contribution is 2.42. The van der Waals surface area contributed by atoms with Crippen LogP contribution in [0.5, 0.6) is 5.75 Å². The van der Waals surface area contributed by atoms with Gasteiger partial charge in [0.1, 0.15) is 30.3 Å². The lowest BCUT2D eigenvalue weighted by Crippen LogP contribution is -2.59. The van der Waals surface area contributed by atoms with Crippen LogP contribution < -0.4 is 35.8 Å². The summed E-state index contributed by atoms with van der Waals surface area (Å²) < 4.78 is 20.1. The number of ether oxygens (including phenoxy) is 1. The van der Waals surface area contributed by atoms with Gasteiger partial charge in [-0.15, -0.1) is 0 Å². The molecule has 0 radical (unpaired) electrons. The number of rotatable bonds is 12. The molecular weight excluding hydrogens is 963 g/mol. The molecule has 1 atom stereocenters. The molecule has 10 rings (SSSR count). The van der Waals surface area contributed by atoms with Crippen LogP contribution in [-0.4, -0.2) is 143 Å². The van der Waals surface area contributed by atoms with E-state index in [1.807, 2.05) is 35.2 Å². The van der Waals surface area contributed by atoms with Gasteiger partial charge in [-0.2, -0.15) is 4.98 Å². The van der Waals surface area contributed by atoms with Crippen molar-refractivity contribution in [3.05, 3.63) is 82.2 Å². The Hall–Kier alpha value is -6.17. The molecule has 4 amide bonds. The van der Waals surface area contributed by atoms with Gasteiger partial charge in [-0.1, -0.05) is 6.92 Å². The van der Waals surface area contributed by atoms with E-state index >= 15 is 0 Å². The van der Waals surface area contributed by atoms with Gasteiger partial charge in [0.2, 0.25) is 23.7 Å². The second kappa shape index (κ2) is 19.0. The number of imide groups is 1. The number of hydrogen-bond donors (Lipinski definition) is 3. The average Bonchev–Trinajstić information content (AvgIpc) is 3.66. The van der Waals surface area contributed by atoms with Crippen molar-refractivity contribution >= 4 is 97.6 Å². The third-order valence-corrected chi connectivity index (χ3v) is 16.3. The number of anilines is 6. The summed E-state index contributed by atoms with van der Waals surface area (Å²) in [6, 6.07) is 13.5. The minimum Gasteiger partial charge on any atom is -0.494 e. The molecule has 5 aliphatic rings. The predicted octanol–water partition coefficient (Wildman–Crippen LogP) is 5.50. The lowest BCUT2D eigenvalue weighted by atomic mass is 9.95. The average molecular weight is 1020 g/mol. The number of amides is 4. The van der Waals surface area contributed by atoms with Gasteiger partial charge >= 0.3 is 0 Å². The molecule has 18 nitrogen and oxygen atoms in total. The Morgan fingerprint density at radius 3 is 2.39 bits per heavy atom. The molecule has 4 saturated heterocycles. The quantitative estimate of drug-likeness (QED) is 0.105. The monoisotopic (exact) mass is 1020 g/mol. The highest BCUT2D eigenvalue weighted by atomic mass is 79.9. The lowest BCUT2D eigenvalue weighted by molar-refractivity contribution is -0.139. The van der Waals surface area contributed by atoms with Crippen molar-refractivity contribution in [2.45, 2.75) is 57.7 Å². The fourth-order valence-electron chi connectivity index (χ4n) is 10.5. The first-order valence-electron chi connectivity index (χ1n) is 23.6. The number of nitrogens with one attached hydrogen (secondary N) is 3. The van der Waals surface area contributed by atoms with Gasteiger partial charge in [0.25, 0.3) is 5.91 Å². The second-order valence-corrected chi connectivity index (χ2v) is 22.8. The number of carbonyl (C=O) groups excluding carboxylic acids is 4. The van der Waals surface area contributed by atoms with Crippen LogP contribution in [0.4, 0.5) is 34.5 Å². The predicted molar refractivity (Wildman–Crippen MR) is 269 cm³/mol. The number of piperazine rings is 1. The number of halogens is 1. The molecule has 5 aromatic rings. The zero-order chi connectivity index (χ0) is 48.1. The maximum Gasteiger partial charge on any atom is 0.255 e. The summed E-state index contributed by atoms with van der Waals surface area (Å²) in [5.74, 6) is 0.772. The van der Waals surface area contributed by atoms with Crippen molar-refractivity contribution in [3.8, 4) is 5.75 Å². The Morgan fingerprint density at radius 2 is 1.67 bits per heavy atom. The van der Waals surface area contributed by atoms with Crippen LogP contribution >= 0.6 is 23.1 Å². The Labute approximate surface area is 409 Å². The van der Waals surface area contributed by atoms with Gasteiger partial charge in [-0.25, -0.2) is 4.98 Å². The summed E-state index contributed by atoms with van der Waals surface area (Å²) in [6.07, 6.45) is 8.31. The highest BCUT2D eigenvalue weighted by Gasteiger charge is 2.41. The van der Waals surface area contributed by atoms with E-state index in [-0.39, 0.29) is 30.1 Å². The number of nitrogens with zero attached hydrogens (tertiary/aromatic N) is 9. The van der Waals surface area contributed by atoms with Crippen LogP contribution in [0.15, 0.2) is 65.5 Å². The van der Waals surface area contributed by atoms with Crippen molar-refractivity contribution in [2.24, 2.45) is 5.92 Å². The van der Waals surface area contributed by atoms with Crippen LogP contribution in [0, 0.1) is 5.92 Å². The zero-order valence-electron chi connectivity index (χ0n) is 39.2. The fourth-order valence-corrected chi connectivity index (χ4v) is 12.2. The highest BCUT2D eigenvalue weighted by molar-refractivity contribution is 9.10. The number of fused-ring (bicyclic) bond motifs is 2. The van der Waals surface area contributed by atoms with E-state index in [1.165, 1.54) is 5.56 Å². The number of aromatic nitrogens is 4. The summed E-state index contributed by atoms with van der Waals surface area (Å²) in [7, 11) is -1.12. The van der Waals surface area contributed by atoms with Crippen molar-refractivity contribution in [1.82, 2.24) is 40.0 Å². The molecule has 0 saturated carbocycles. The smallest absolute Gasteiger partial charge is 0.255 e. The largest absolute Gasteiger partial charge is 0.494 e. The van der Waals surface area contributed by atoms with E-state index < -0.39 is 19.1 Å². The molecule has 360 valence electrons. The Kier molecular flexibility index (Phi) is 12.8. The van der Waals surface area contributed by atoms with Crippen molar-refractivity contribution < 1.29 is 28.5 Å². The topological polar surface area (TPSA) is 198 Å². The van der Waals surface area contributed by atoms with Gasteiger partial charge in [-0.05, 0) is 102 Å². The molecule has 3 aromatic carbocycles. The first-order valence-corrected chi connectivity index (χ1v) is 27.0. The van der Waals surface area contributed by atoms with Crippen molar-refractivity contribution in [2.75, 3.05) is 93.2 Å². The molecule has 2 aromatic heterocycles. The third kappa shape index (κ3) is 9.23. The van der Waals surface area contributed by atoms with E-state index in [0.717, 1.165) is 81.2 Å². The maximum absolute atomic E-state index is 13.7. The molecule has 0 spiro atoms. The van der Waals surface area contributed by atoms with Crippen LogP contribution in [0.3, 0.4) is 0 Å². The van der Waals surface area contributed by atoms with E-state index in [9.17, 15) is 23.7 Å². The Morgan fingerprint density at radius 1 is 0.899 bits per heavy atom. The first kappa shape index (κ1) is 46.6. The molecule has 20 heteroatoms. The number of methoxy groups -OCH3 is 1. The lowest BCUT2D eigenvalue weighted by Gasteiger charge is -2.46. The summed E-state index contributed by atoms with van der Waals surface area (Å²) in [5, 5.41) is 9.73. The van der Waals surface area contributed by atoms with Gasteiger partial charge in [0.15, 0.2) is 0 Å². The maximum atomic E-state index is 13.7. The number of aryl methyl sites for hydroxylation is 1. The number of carbonyl (C=O) groups is 4. The van der Waals surface area contributed by atoms with Crippen LogP contribution in [0.25, 0.3) is 11.0 Å². The number of piperidine rings is 2. The second-order valence-electron chi connectivity index (χ2n) is 18.8. The SMILES string of the molecule is CCc1cc(Nc2ncc(Br)c(Nc3ccc4nccnc4c3P(C)(C)=O)n2)c(OC)cc1N1CCC(N2CCN(C(=O)C3CN(c4ccc5c(c4)CN(C4CCC(=O)NC4=O)C5=O)C3)CC2)CC1. The minimum absolute atomic E-state index is 0.0669. The molecule has 0 bridgehead atoms. The Balaban J connectivity index is 0.721. The summed E-state index contributed by atoms with van der Waals surface area (Å²) in [5.41, 5.74) is 7.39. The first-order chi connectivity index (χ1) is 33.3. The van der Waals surface area contributed by atoms with Crippen molar-refractivity contribution in [3.63, 3.8) is 0 Å². The fraction of sp³-hybridized carbons (Fsp3) is 0.429. The van der Waals surface area contributed by atoms with E-state index in [0.29, 0.717) is 81.7 Å². The third-order valence-electron chi connectivity index (χ3n) is 14.2. The van der Waals surface area contributed by atoms with Crippen LogP contribution in [-0.2, 0) is 31.9 Å². The Bertz CT molecular complexity index is 2910. The van der Waals surface area contributed by atoms with Crippen LogP contribution in [0.1, 0.15) is 54.1 Å². The van der Waals surface area contributed by atoms with Crippen LogP contribution in [0.2, 0.25) is 0 Å². The molecule has 69 heavy (non-hydrogen) atoms. The molecule has 1 unspecified atom stereocenters. The molecule has 7 heterocycles. The summed E-state index contributed by atoms with van der Waals surface area (Å²) in [4.78, 5) is 80.1. The van der Waals surface area contributed by atoms with Gasteiger partial charge in [0, 0.05) is 113 Å². The molecule has 0 aliphatic carbocycles. The molecule has 4 fully saturated rings. The zero-order valence-corrected chi connectivity index (χ0v) is 41.7. The molecule has 3 N–H and O–H groups in total. The van der Waals surface area contributed by atoms with E-state index in [1.54, 1.807) is 43.9 Å². The number of hydrogen-bond acceptors (Lipinski definition) is 15. The van der Waals surface area contributed by atoms with Gasteiger partial charge in [-0.3, -0.25) is 39.4 Å². The van der Waals surface area contributed by atoms with Gasteiger partial charge < -0.3 is 39.5 Å².